The second-order valence-corrected chi connectivity index (χ2v) is 6.41. The van der Waals surface area contributed by atoms with Gasteiger partial charge in [0.15, 0.2) is 0 Å². The number of ether oxygens (including phenoxy) is 1. The first-order valence-corrected chi connectivity index (χ1v) is 8.42. The van der Waals surface area contributed by atoms with Crippen molar-refractivity contribution in [1.29, 1.82) is 0 Å². The normalized spacial score (nSPS) is 11.5. The highest BCUT2D eigenvalue weighted by atomic mass is 16.5. The Hall–Kier alpha value is -3.01. The molecular formula is C21H20N2O2. The summed E-state index contributed by atoms with van der Waals surface area (Å²) in [6, 6.07) is 20.0. The van der Waals surface area contributed by atoms with Gasteiger partial charge in [-0.3, -0.25) is 4.79 Å². The van der Waals surface area contributed by atoms with Crippen LogP contribution in [0.25, 0.3) is 27.4 Å². The minimum absolute atomic E-state index is 0.00194. The lowest BCUT2D eigenvalue weighted by Gasteiger charge is -2.16. The minimum Gasteiger partial charge on any atom is -0.496 e. The maximum atomic E-state index is 13.2. The van der Waals surface area contributed by atoms with E-state index in [4.69, 9.17) is 4.74 Å². The van der Waals surface area contributed by atoms with Crippen LogP contribution in [-0.4, -0.2) is 16.5 Å². The average Bonchev–Trinajstić information content (AvgIpc) is 2.94. The molecule has 126 valence electrons. The maximum Gasteiger partial charge on any atom is 0.275 e. The van der Waals surface area contributed by atoms with Crippen molar-refractivity contribution < 1.29 is 4.74 Å². The van der Waals surface area contributed by atoms with Gasteiger partial charge < -0.3 is 4.74 Å². The third-order valence-electron chi connectivity index (χ3n) is 4.55. The van der Waals surface area contributed by atoms with Gasteiger partial charge in [-0.2, -0.15) is 0 Å². The molecule has 0 aliphatic carbocycles. The van der Waals surface area contributed by atoms with Crippen LogP contribution in [0.5, 0.6) is 5.75 Å². The van der Waals surface area contributed by atoms with Crippen LogP contribution in [0.1, 0.15) is 19.9 Å². The first-order valence-electron chi connectivity index (χ1n) is 8.42. The Bertz CT molecular complexity index is 1120. The number of fused-ring (bicyclic) bond motifs is 3. The largest absolute Gasteiger partial charge is 0.496 e. The van der Waals surface area contributed by atoms with Crippen molar-refractivity contribution in [2.45, 2.75) is 19.9 Å². The van der Waals surface area contributed by atoms with Crippen LogP contribution in [0, 0.1) is 0 Å². The van der Waals surface area contributed by atoms with E-state index in [2.05, 4.69) is 0 Å². The summed E-state index contributed by atoms with van der Waals surface area (Å²) in [4.78, 5) is 13.2. The summed E-state index contributed by atoms with van der Waals surface area (Å²) >= 11 is 0. The van der Waals surface area contributed by atoms with Crippen LogP contribution in [0.4, 0.5) is 0 Å². The third kappa shape index (κ3) is 2.25. The Morgan fingerprint density at radius 2 is 1.52 bits per heavy atom. The van der Waals surface area contributed by atoms with Crippen LogP contribution < -0.4 is 10.3 Å². The van der Waals surface area contributed by atoms with Crippen molar-refractivity contribution in [2.24, 2.45) is 0 Å². The summed E-state index contributed by atoms with van der Waals surface area (Å²) in [7, 11) is 1.64. The fraction of sp³-hybridized carbons (Fsp3) is 0.190. The Labute approximate surface area is 145 Å². The van der Waals surface area contributed by atoms with Gasteiger partial charge in [-0.05, 0) is 32.0 Å². The number of hydrogen-bond acceptors (Lipinski definition) is 2. The van der Waals surface area contributed by atoms with Gasteiger partial charge in [0.05, 0.1) is 23.7 Å². The van der Waals surface area contributed by atoms with Crippen LogP contribution in [-0.2, 0) is 0 Å². The van der Waals surface area contributed by atoms with Crippen LogP contribution in [0.2, 0.25) is 0 Å². The zero-order valence-electron chi connectivity index (χ0n) is 14.6. The van der Waals surface area contributed by atoms with Gasteiger partial charge in [-0.1, -0.05) is 42.5 Å². The maximum absolute atomic E-state index is 13.2. The average molecular weight is 332 g/mol. The van der Waals surface area contributed by atoms with Crippen LogP contribution in [0.3, 0.4) is 0 Å². The molecule has 0 saturated heterocycles. The number of benzene rings is 3. The van der Waals surface area contributed by atoms with E-state index >= 15 is 0 Å². The predicted octanol–water partition coefficient (Wildman–Crippen LogP) is 4.53. The summed E-state index contributed by atoms with van der Waals surface area (Å²) in [6.07, 6.45) is 0. The van der Waals surface area contributed by atoms with Gasteiger partial charge in [0.1, 0.15) is 5.75 Å². The van der Waals surface area contributed by atoms with E-state index in [1.165, 1.54) is 0 Å². The highest BCUT2D eigenvalue weighted by Gasteiger charge is 2.20. The van der Waals surface area contributed by atoms with Crippen molar-refractivity contribution in [3.63, 3.8) is 0 Å². The number of para-hydroxylation sites is 1. The second kappa shape index (κ2) is 5.81. The molecule has 0 bridgehead atoms. The Balaban J connectivity index is 2.29. The molecule has 4 heteroatoms. The number of aromatic nitrogens is 2. The first-order chi connectivity index (χ1) is 12.1. The van der Waals surface area contributed by atoms with E-state index in [1.807, 2.05) is 83.9 Å². The van der Waals surface area contributed by atoms with E-state index in [0.717, 1.165) is 27.7 Å². The number of methoxy groups -OCH3 is 1. The predicted molar refractivity (Wildman–Crippen MR) is 102 cm³/mol. The summed E-state index contributed by atoms with van der Waals surface area (Å²) in [5.41, 5.74) is 1.89. The first kappa shape index (κ1) is 15.5. The van der Waals surface area contributed by atoms with Gasteiger partial charge in [0.25, 0.3) is 5.56 Å². The lowest BCUT2D eigenvalue weighted by Crippen LogP contribution is -2.24. The van der Waals surface area contributed by atoms with E-state index in [9.17, 15) is 4.79 Å². The van der Waals surface area contributed by atoms with Gasteiger partial charge >= 0.3 is 0 Å². The molecule has 0 saturated carbocycles. The minimum atomic E-state index is -0.00194. The molecule has 25 heavy (non-hydrogen) atoms. The Kier molecular flexibility index (Phi) is 3.61. The molecule has 0 fully saturated rings. The molecule has 0 aliphatic heterocycles. The fourth-order valence-corrected chi connectivity index (χ4v) is 3.50. The highest BCUT2D eigenvalue weighted by molar-refractivity contribution is 6.09. The molecule has 0 amide bonds. The molecule has 4 aromatic rings. The summed E-state index contributed by atoms with van der Waals surface area (Å²) < 4.78 is 9.39. The number of nitrogens with zero attached hydrogens (tertiary/aromatic N) is 2. The molecule has 3 aromatic carbocycles. The molecule has 1 heterocycles. The van der Waals surface area contributed by atoms with Gasteiger partial charge in [0.2, 0.25) is 0 Å². The van der Waals surface area contributed by atoms with Crippen molar-refractivity contribution in [3.8, 4) is 11.4 Å². The SMILES string of the molecule is COc1cc2c(=O)n(C(C)C)n(-c3ccccc3)c2c2ccccc12. The lowest BCUT2D eigenvalue weighted by molar-refractivity contribution is 0.420. The molecule has 4 nitrogen and oxygen atoms in total. The molecule has 0 unspecified atom stereocenters. The molecule has 4 rings (SSSR count). The molecule has 0 spiro atoms. The highest BCUT2D eigenvalue weighted by Crippen LogP contribution is 2.34. The zero-order valence-corrected chi connectivity index (χ0v) is 14.6. The van der Waals surface area contributed by atoms with Gasteiger partial charge in [-0.15, -0.1) is 0 Å². The quantitative estimate of drug-likeness (QED) is 0.552. The fourth-order valence-electron chi connectivity index (χ4n) is 3.50. The molecule has 0 aliphatic rings. The zero-order chi connectivity index (χ0) is 17.6. The summed E-state index contributed by atoms with van der Waals surface area (Å²) in [6.45, 7) is 4.05. The third-order valence-corrected chi connectivity index (χ3v) is 4.55. The van der Waals surface area contributed by atoms with E-state index in [-0.39, 0.29) is 11.6 Å². The standard InChI is InChI=1S/C21H20N2O2/c1-14(2)22-21(24)18-13-19(25-3)16-11-7-8-12-17(16)20(18)23(22)15-9-5-4-6-10-15/h4-14H,1-3H3. The van der Waals surface area contributed by atoms with E-state index in [1.54, 1.807) is 7.11 Å². The van der Waals surface area contributed by atoms with Gasteiger partial charge in [0, 0.05) is 16.8 Å². The number of rotatable bonds is 3. The summed E-state index contributed by atoms with van der Waals surface area (Å²) in [5, 5.41) is 2.69. The van der Waals surface area contributed by atoms with Crippen LogP contribution >= 0.6 is 0 Å². The van der Waals surface area contributed by atoms with E-state index in [0.29, 0.717) is 5.39 Å². The summed E-state index contributed by atoms with van der Waals surface area (Å²) in [5.74, 6) is 0.723. The number of hydrogen-bond donors (Lipinski definition) is 0. The van der Waals surface area contributed by atoms with Crippen molar-refractivity contribution >= 4 is 21.7 Å². The molecular weight excluding hydrogens is 312 g/mol. The smallest absolute Gasteiger partial charge is 0.275 e. The van der Waals surface area contributed by atoms with Gasteiger partial charge in [-0.25, -0.2) is 9.36 Å². The van der Waals surface area contributed by atoms with Crippen molar-refractivity contribution in [3.05, 3.63) is 71.0 Å². The molecule has 1 aromatic heterocycles. The second-order valence-electron chi connectivity index (χ2n) is 6.41. The molecule has 0 radical (unpaired) electrons. The van der Waals surface area contributed by atoms with Crippen molar-refractivity contribution in [1.82, 2.24) is 9.36 Å². The lowest BCUT2D eigenvalue weighted by atomic mass is 10.1. The topological polar surface area (TPSA) is 36.2 Å². The molecule has 0 N–H and O–H groups in total. The van der Waals surface area contributed by atoms with E-state index < -0.39 is 0 Å². The monoisotopic (exact) mass is 332 g/mol. The molecule has 0 atom stereocenters. The Morgan fingerprint density at radius 1 is 0.880 bits per heavy atom. The Morgan fingerprint density at radius 3 is 2.16 bits per heavy atom. The van der Waals surface area contributed by atoms with Crippen LogP contribution in [0.15, 0.2) is 65.5 Å². The van der Waals surface area contributed by atoms with Crippen molar-refractivity contribution in [2.75, 3.05) is 7.11 Å².